The van der Waals surface area contributed by atoms with Crippen molar-refractivity contribution in [2.24, 2.45) is 11.7 Å². The molecule has 3 rings (SSSR count). The number of rotatable bonds is 6. The van der Waals surface area contributed by atoms with Gasteiger partial charge in [-0.3, -0.25) is 0 Å². The van der Waals surface area contributed by atoms with Crippen LogP contribution < -0.4 is 10.5 Å². The summed E-state index contributed by atoms with van der Waals surface area (Å²) in [5.41, 5.74) is 8.96. The highest BCUT2D eigenvalue weighted by molar-refractivity contribution is 5.39. The largest absolute Gasteiger partial charge is 0.493 e. The number of fused-ring (bicyclic) bond motifs is 1. The van der Waals surface area contributed by atoms with Gasteiger partial charge in [0.15, 0.2) is 0 Å². The minimum Gasteiger partial charge on any atom is -0.493 e. The second-order valence-corrected chi connectivity index (χ2v) is 5.79. The Morgan fingerprint density at radius 1 is 1.28 bits per heavy atom. The van der Waals surface area contributed by atoms with Gasteiger partial charge in [-0.15, -0.1) is 0 Å². The first-order valence-corrected chi connectivity index (χ1v) is 7.33. The van der Waals surface area contributed by atoms with Crippen LogP contribution in [0.2, 0.25) is 0 Å². The van der Waals surface area contributed by atoms with Gasteiger partial charge in [0.2, 0.25) is 0 Å². The molecule has 0 saturated heterocycles. The highest BCUT2D eigenvalue weighted by Gasteiger charge is 2.27. The van der Waals surface area contributed by atoms with E-state index in [0.717, 1.165) is 24.7 Å². The maximum Gasteiger partial charge on any atom is 0.122 e. The standard InChI is InChI=1S/C16H23NO/c17-15(13-6-7-13)4-2-1-3-12-5-8-16-14(11-12)9-10-18-16/h5,8,11,13,15H,1-4,6-7,9-10,17H2. The lowest BCUT2D eigenvalue weighted by molar-refractivity contribution is 0.357. The predicted octanol–water partition coefficient (Wildman–Crippen LogP) is 3.07. The molecule has 2 aliphatic rings. The molecule has 0 bridgehead atoms. The summed E-state index contributed by atoms with van der Waals surface area (Å²) in [7, 11) is 0. The van der Waals surface area contributed by atoms with E-state index in [1.54, 1.807) is 0 Å². The fourth-order valence-corrected chi connectivity index (χ4v) is 2.86. The minimum atomic E-state index is 0.471. The van der Waals surface area contributed by atoms with E-state index in [4.69, 9.17) is 10.5 Å². The Labute approximate surface area is 110 Å². The average Bonchev–Trinajstić information content (AvgIpc) is 3.13. The lowest BCUT2D eigenvalue weighted by Crippen LogP contribution is -2.21. The van der Waals surface area contributed by atoms with Crippen molar-refractivity contribution in [1.29, 1.82) is 0 Å². The smallest absolute Gasteiger partial charge is 0.122 e. The Morgan fingerprint density at radius 2 is 2.17 bits per heavy atom. The molecule has 2 heteroatoms. The molecule has 0 spiro atoms. The van der Waals surface area contributed by atoms with Crippen LogP contribution in [0.4, 0.5) is 0 Å². The van der Waals surface area contributed by atoms with Crippen LogP contribution in [0.1, 0.15) is 43.2 Å². The van der Waals surface area contributed by atoms with E-state index in [9.17, 15) is 0 Å². The second-order valence-electron chi connectivity index (χ2n) is 5.79. The normalized spacial score (nSPS) is 19.4. The zero-order valence-corrected chi connectivity index (χ0v) is 11.0. The van der Waals surface area contributed by atoms with Crippen LogP contribution in [0, 0.1) is 5.92 Å². The van der Waals surface area contributed by atoms with Crippen molar-refractivity contribution in [3.05, 3.63) is 29.3 Å². The fourth-order valence-electron chi connectivity index (χ4n) is 2.86. The minimum absolute atomic E-state index is 0.471. The summed E-state index contributed by atoms with van der Waals surface area (Å²) in [4.78, 5) is 0. The van der Waals surface area contributed by atoms with E-state index >= 15 is 0 Å². The summed E-state index contributed by atoms with van der Waals surface area (Å²) < 4.78 is 5.53. The van der Waals surface area contributed by atoms with Gasteiger partial charge < -0.3 is 10.5 Å². The summed E-state index contributed by atoms with van der Waals surface area (Å²) in [5.74, 6) is 1.94. The van der Waals surface area contributed by atoms with E-state index in [1.807, 2.05) is 0 Å². The molecule has 1 heterocycles. The molecular weight excluding hydrogens is 222 g/mol. The highest BCUT2D eigenvalue weighted by Crippen LogP contribution is 2.33. The third-order valence-electron chi connectivity index (χ3n) is 4.23. The van der Waals surface area contributed by atoms with Gasteiger partial charge in [0, 0.05) is 12.5 Å². The van der Waals surface area contributed by atoms with Gasteiger partial charge in [-0.1, -0.05) is 18.6 Å². The maximum absolute atomic E-state index is 6.12. The zero-order chi connectivity index (χ0) is 12.4. The summed E-state index contributed by atoms with van der Waals surface area (Å²) in [5, 5.41) is 0. The topological polar surface area (TPSA) is 35.2 Å². The molecule has 1 aliphatic heterocycles. The van der Waals surface area contributed by atoms with Crippen molar-refractivity contribution < 1.29 is 4.74 Å². The first-order valence-electron chi connectivity index (χ1n) is 7.33. The van der Waals surface area contributed by atoms with Crippen LogP contribution in [0.15, 0.2) is 18.2 Å². The number of hydrogen-bond donors (Lipinski definition) is 1. The van der Waals surface area contributed by atoms with E-state index in [-0.39, 0.29) is 0 Å². The quantitative estimate of drug-likeness (QED) is 0.782. The average molecular weight is 245 g/mol. The van der Waals surface area contributed by atoms with Crippen molar-refractivity contribution in [3.8, 4) is 5.75 Å². The third-order valence-corrected chi connectivity index (χ3v) is 4.23. The van der Waals surface area contributed by atoms with E-state index in [2.05, 4.69) is 18.2 Å². The molecule has 1 aliphatic carbocycles. The van der Waals surface area contributed by atoms with Crippen LogP contribution in [-0.2, 0) is 12.8 Å². The van der Waals surface area contributed by atoms with E-state index < -0.39 is 0 Å². The summed E-state index contributed by atoms with van der Waals surface area (Å²) in [6.45, 7) is 0.856. The summed E-state index contributed by atoms with van der Waals surface area (Å²) >= 11 is 0. The summed E-state index contributed by atoms with van der Waals surface area (Å²) in [6.07, 6.45) is 8.74. The third kappa shape index (κ3) is 2.86. The molecule has 0 aromatic heterocycles. The molecular formula is C16H23NO. The Kier molecular flexibility index (Phi) is 3.55. The molecule has 2 N–H and O–H groups in total. The SMILES string of the molecule is NC(CCCCc1ccc2c(c1)CCO2)C1CC1. The van der Waals surface area contributed by atoms with E-state index in [0.29, 0.717) is 6.04 Å². The number of aryl methyl sites for hydroxylation is 1. The number of ether oxygens (including phenoxy) is 1. The van der Waals surface area contributed by atoms with Crippen molar-refractivity contribution in [2.75, 3.05) is 6.61 Å². The van der Waals surface area contributed by atoms with Gasteiger partial charge in [-0.05, 0) is 55.2 Å². The van der Waals surface area contributed by atoms with Gasteiger partial charge in [0.1, 0.15) is 5.75 Å². The molecule has 1 atom stereocenters. The molecule has 2 nitrogen and oxygen atoms in total. The van der Waals surface area contributed by atoms with Crippen LogP contribution in [0.25, 0.3) is 0 Å². The zero-order valence-electron chi connectivity index (χ0n) is 11.0. The lowest BCUT2D eigenvalue weighted by Gasteiger charge is -2.09. The van der Waals surface area contributed by atoms with Gasteiger partial charge in [-0.2, -0.15) is 0 Å². The molecule has 18 heavy (non-hydrogen) atoms. The van der Waals surface area contributed by atoms with Gasteiger partial charge in [-0.25, -0.2) is 0 Å². The number of unbranched alkanes of at least 4 members (excludes halogenated alkanes) is 1. The first kappa shape index (κ1) is 12.0. The van der Waals surface area contributed by atoms with Gasteiger partial charge in [0.05, 0.1) is 6.61 Å². The molecule has 1 unspecified atom stereocenters. The molecule has 1 aromatic carbocycles. The van der Waals surface area contributed by atoms with Crippen molar-refractivity contribution >= 4 is 0 Å². The van der Waals surface area contributed by atoms with Gasteiger partial charge >= 0.3 is 0 Å². The van der Waals surface area contributed by atoms with E-state index in [1.165, 1.54) is 49.7 Å². The molecule has 1 aromatic rings. The molecule has 0 radical (unpaired) electrons. The number of benzene rings is 1. The Balaban J connectivity index is 1.42. The monoisotopic (exact) mass is 245 g/mol. The van der Waals surface area contributed by atoms with Crippen LogP contribution in [0.3, 0.4) is 0 Å². The highest BCUT2D eigenvalue weighted by atomic mass is 16.5. The van der Waals surface area contributed by atoms with Crippen LogP contribution >= 0.6 is 0 Å². The Morgan fingerprint density at radius 3 is 3.00 bits per heavy atom. The summed E-state index contributed by atoms with van der Waals surface area (Å²) in [6, 6.07) is 7.14. The molecule has 1 fully saturated rings. The molecule has 0 amide bonds. The second kappa shape index (κ2) is 5.31. The number of nitrogens with two attached hydrogens (primary N) is 1. The van der Waals surface area contributed by atoms with Crippen LogP contribution in [-0.4, -0.2) is 12.6 Å². The van der Waals surface area contributed by atoms with Crippen molar-refractivity contribution in [2.45, 2.75) is 51.0 Å². The first-order chi connectivity index (χ1) is 8.83. The maximum atomic E-state index is 6.12. The molecule has 1 saturated carbocycles. The van der Waals surface area contributed by atoms with Crippen LogP contribution in [0.5, 0.6) is 5.75 Å². The Hall–Kier alpha value is -1.02. The Bertz CT molecular complexity index is 412. The van der Waals surface area contributed by atoms with Crippen molar-refractivity contribution in [3.63, 3.8) is 0 Å². The lowest BCUT2D eigenvalue weighted by atomic mass is 10.0. The number of hydrogen-bond acceptors (Lipinski definition) is 2. The van der Waals surface area contributed by atoms with Gasteiger partial charge in [0.25, 0.3) is 0 Å². The predicted molar refractivity (Wildman–Crippen MR) is 73.9 cm³/mol. The fraction of sp³-hybridized carbons (Fsp3) is 0.625. The molecule has 98 valence electrons. The van der Waals surface area contributed by atoms with Crippen molar-refractivity contribution in [1.82, 2.24) is 0 Å².